The first-order valence-corrected chi connectivity index (χ1v) is 15.2. The number of rotatable bonds is 12. The lowest BCUT2D eigenvalue weighted by Gasteiger charge is -2.38. The minimum Gasteiger partial charge on any atom is -0.330 e. The molecule has 1 aliphatic rings. The number of amides is 2. The number of benzene rings is 2. The SMILES string of the molecule is CCCCCc1ccc(C(=O)N(CCCCC)CC(=O)N2CCc3sccc3[C@H]2c2ccccc2C)cc1. The highest BCUT2D eigenvalue weighted by Crippen LogP contribution is 2.39. The summed E-state index contributed by atoms with van der Waals surface area (Å²) in [5.74, 6) is -0.0219. The van der Waals surface area contributed by atoms with Gasteiger partial charge in [0.15, 0.2) is 0 Å². The molecule has 2 amide bonds. The number of carbonyl (C=O) groups is 2. The van der Waals surface area contributed by atoms with E-state index in [0.29, 0.717) is 18.7 Å². The van der Waals surface area contributed by atoms with Gasteiger partial charge in [-0.15, -0.1) is 11.3 Å². The van der Waals surface area contributed by atoms with E-state index >= 15 is 0 Å². The maximum atomic E-state index is 13.9. The third-order valence-electron chi connectivity index (χ3n) is 7.68. The Balaban J connectivity index is 1.54. The van der Waals surface area contributed by atoms with Gasteiger partial charge in [-0.25, -0.2) is 0 Å². The normalized spacial score (nSPS) is 14.8. The van der Waals surface area contributed by atoms with Crippen LogP contribution in [-0.4, -0.2) is 41.2 Å². The Kier molecular flexibility index (Phi) is 10.2. The zero-order chi connectivity index (χ0) is 26.9. The van der Waals surface area contributed by atoms with Crippen LogP contribution in [0, 0.1) is 6.92 Å². The molecule has 5 heteroatoms. The summed E-state index contributed by atoms with van der Waals surface area (Å²) < 4.78 is 0. The number of fused-ring (bicyclic) bond motifs is 1. The van der Waals surface area contributed by atoms with Crippen LogP contribution in [0.5, 0.6) is 0 Å². The van der Waals surface area contributed by atoms with Crippen LogP contribution in [0.2, 0.25) is 0 Å². The molecule has 0 fully saturated rings. The predicted octanol–water partition coefficient (Wildman–Crippen LogP) is 7.60. The van der Waals surface area contributed by atoms with Crippen molar-refractivity contribution in [3.8, 4) is 0 Å². The molecule has 0 unspecified atom stereocenters. The standard InChI is InChI=1S/C33H42N2O2S/c1-4-6-8-13-26-15-17-27(18-16-26)33(37)34(21-11-7-5-2)24-31(36)35-22-19-30-29(20-23-38-30)32(35)28-14-10-9-12-25(28)3/h9-10,12,14-18,20,23,32H,4-8,11,13,19,21-22,24H2,1-3H3/t32-/m1/s1. The van der Waals surface area contributed by atoms with E-state index in [1.807, 2.05) is 23.1 Å². The molecule has 0 saturated carbocycles. The van der Waals surface area contributed by atoms with E-state index in [2.05, 4.69) is 62.5 Å². The van der Waals surface area contributed by atoms with Gasteiger partial charge in [0.2, 0.25) is 5.91 Å². The van der Waals surface area contributed by atoms with Crippen molar-refractivity contribution in [2.45, 2.75) is 78.2 Å². The molecule has 0 spiro atoms. The zero-order valence-electron chi connectivity index (χ0n) is 23.2. The lowest BCUT2D eigenvalue weighted by atomic mass is 9.90. The second-order valence-electron chi connectivity index (χ2n) is 10.5. The highest BCUT2D eigenvalue weighted by Gasteiger charge is 2.34. The summed E-state index contributed by atoms with van der Waals surface area (Å²) in [6.45, 7) is 7.88. The van der Waals surface area contributed by atoms with Gasteiger partial charge in [0, 0.05) is 23.5 Å². The quantitative estimate of drug-likeness (QED) is 0.226. The summed E-state index contributed by atoms with van der Waals surface area (Å²) in [7, 11) is 0. The number of thiophene rings is 1. The summed E-state index contributed by atoms with van der Waals surface area (Å²) in [5, 5.41) is 2.14. The van der Waals surface area contributed by atoms with Crippen molar-refractivity contribution in [3.05, 3.63) is 92.7 Å². The van der Waals surface area contributed by atoms with Crippen LogP contribution in [0.4, 0.5) is 0 Å². The first-order chi connectivity index (χ1) is 18.5. The molecule has 4 nitrogen and oxygen atoms in total. The Bertz CT molecular complexity index is 1200. The average molecular weight is 531 g/mol. The van der Waals surface area contributed by atoms with Crippen LogP contribution in [0.1, 0.15) is 95.9 Å². The van der Waals surface area contributed by atoms with E-state index in [9.17, 15) is 9.59 Å². The molecule has 1 aromatic heterocycles. The lowest BCUT2D eigenvalue weighted by molar-refractivity contribution is -0.134. The van der Waals surface area contributed by atoms with E-state index in [1.165, 1.54) is 46.4 Å². The van der Waals surface area contributed by atoms with Crippen molar-refractivity contribution in [1.29, 1.82) is 0 Å². The van der Waals surface area contributed by atoms with Crippen molar-refractivity contribution in [2.75, 3.05) is 19.6 Å². The van der Waals surface area contributed by atoms with Crippen molar-refractivity contribution in [1.82, 2.24) is 9.80 Å². The maximum absolute atomic E-state index is 13.9. The molecule has 38 heavy (non-hydrogen) atoms. The fourth-order valence-electron chi connectivity index (χ4n) is 5.45. The van der Waals surface area contributed by atoms with E-state index in [-0.39, 0.29) is 24.4 Å². The topological polar surface area (TPSA) is 40.6 Å². The second kappa shape index (κ2) is 13.7. The van der Waals surface area contributed by atoms with Crippen molar-refractivity contribution >= 4 is 23.2 Å². The van der Waals surface area contributed by atoms with Crippen LogP contribution in [0.15, 0.2) is 60.0 Å². The number of nitrogens with zero attached hydrogens (tertiary/aromatic N) is 2. The fourth-order valence-corrected chi connectivity index (χ4v) is 6.35. The van der Waals surface area contributed by atoms with Gasteiger partial charge < -0.3 is 9.80 Å². The molecule has 202 valence electrons. The number of aryl methyl sites for hydroxylation is 2. The molecule has 1 aliphatic heterocycles. The van der Waals surface area contributed by atoms with Gasteiger partial charge >= 0.3 is 0 Å². The Morgan fingerprint density at radius 2 is 1.66 bits per heavy atom. The first kappa shape index (κ1) is 28.1. The van der Waals surface area contributed by atoms with E-state index < -0.39 is 0 Å². The summed E-state index contributed by atoms with van der Waals surface area (Å²) in [6, 6.07) is 18.5. The smallest absolute Gasteiger partial charge is 0.254 e. The second-order valence-corrected chi connectivity index (χ2v) is 11.5. The van der Waals surface area contributed by atoms with Gasteiger partial charge in [-0.3, -0.25) is 9.59 Å². The van der Waals surface area contributed by atoms with Gasteiger partial charge in [0.05, 0.1) is 6.04 Å². The largest absolute Gasteiger partial charge is 0.330 e. The Hall–Kier alpha value is -2.92. The molecule has 3 aromatic rings. The minimum atomic E-state index is -0.103. The van der Waals surface area contributed by atoms with Gasteiger partial charge in [-0.1, -0.05) is 75.9 Å². The molecule has 0 radical (unpaired) electrons. The summed E-state index contributed by atoms with van der Waals surface area (Å²) in [6.07, 6.45) is 8.53. The summed E-state index contributed by atoms with van der Waals surface area (Å²) in [4.78, 5) is 32.7. The Morgan fingerprint density at radius 1 is 0.921 bits per heavy atom. The monoisotopic (exact) mass is 530 g/mol. The molecule has 4 rings (SSSR count). The Morgan fingerprint density at radius 3 is 2.39 bits per heavy atom. The molecular weight excluding hydrogens is 488 g/mol. The number of carbonyl (C=O) groups excluding carboxylic acids is 2. The summed E-state index contributed by atoms with van der Waals surface area (Å²) >= 11 is 1.78. The van der Waals surface area contributed by atoms with Gasteiger partial charge in [0.25, 0.3) is 5.91 Å². The highest BCUT2D eigenvalue weighted by molar-refractivity contribution is 7.10. The van der Waals surface area contributed by atoms with E-state index in [4.69, 9.17) is 0 Å². The molecule has 0 N–H and O–H groups in total. The van der Waals surface area contributed by atoms with Crippen LogP contribution >= 0.6 is 11.3 Å². The number of unbranched alkanes of at least 4 members (excludes halogenated alkanes) is 4. The van der Waals surface area contributed by atoms with Crippen LogP contribution in [0.25, 0.3) is 0 Å². The average Bonchev–Trinajstić information content (AvgIpc) is 3.42. The fraction of sp³-hybridized carbons (Fsp3) is 0.455. The molecule has 0 saturated heterocycles. The van der Waals surface area contributed by atoms with Gasteiger partial charge in [-0.05, 0) is 78.4 Å². The van der Waals surface area contributed by atoms with Gasteiger partial charge in [-0.2, -0.15) is 0 Å². The Labute approximate surface area is 232 Å². The van der Waals surface area contributed by atoms with E-state index in [1.54, 1.807) is 16.2 Å². The number of hydrogen-bond donors (Lipinski definition) is 0. The van der Waals surface area contributed by atoms with Crippen LogP contribution < -0.4 is 0 Å². The highest BCUT2D eigenvalue weighted by atomic mass is 32.1. The van der Waals surface area contributed by atoms with E-state index in [0.717, 1.165) is 32.1 Å². The first-order valence-electron chi connectivity index (χ1n) is 14.3. The third-order valence-corrected chi connectivity index (χ3v) is 8.68. The third kappa shape index (κ3) is 6.74. The van der Waals surface area contributed by atoms with Crippen molar-refractivity contribution in [3.63, 3.8) is 0 Å². The molecule has 2 heterocycles. The lowest BCUT2D eigenvalue weighted by Crippen LogP contribution is -2.47. The molecular formula is C33H42N2O2S. The van der Waals surface area contributed by atoms with Crippen LogP contribution in [0.3, 0.4) is 0 Å². The minimum absolute atomic E-state index is 0.0242. The predicted molar refractivity (Wildman–Crippen MR) is 158 cm³/mol. The molecule has 2 aromatic carbocycles. The molecule has 0 aliphatic carbocycles. The van der Waals surface area contributed by atoms with Crippen LogP contribution in [-0.2, 0) is 17.6 Å². The molecule has 1 atom stereocenters. The van der Waals surface area contributed by atoms with Crippen molar-refractivity contribution in [2.24, 2.45) is 0 Å². The van der Waals surface area contributed by atoms with Gasteiger partial charge in [0.1, 0.15) is 6.54 Å². The maximum Gasteiger partial charge on any atom is 0.254 e. The van der Waals surface area contributed by atoms with Crippen molar-refractivity contribution < 1.29 is 9.59 Å². The zero-order valence-corrected chi connectivity index (χ0v) is 24.1. The summed E-state index contributed by atoms with van der Waals surface area (Å²) in [5.41, 5.74) is 5.52. The number of hydrogen-bond acceptors (Lipinski definition) is 3. The molecule has 0 bridgehead atoms.